The molecule has 0 aliphatic carbocycles. The second kappa shape index (κ2) is 3.50. The first-order valence-electron chi connectivity index (χ1n) is 4.37. The molecule has 0 unspecified atom stereocenters. The van der Waals surface area contributed by atoms with Gasteiger partial charge in [0, 0.05) is 0 Å². The number of hydrogen-bond acceptors (Lipinski definition) is 5. The molecule has 0 atom stereocenters. The molecule has 1 aromatic carbocycles. The van der Waals surface area contributed by atoms with Crippen LogP contribution in [0.2, 0.25) is 0 Å². The predicted octanol–water partition coefficient (Wildman–Crippen LogP) is 0.211. The molecule has 0 radical (unpaired) electrons. The molecule has 0 bridgehead atoms. The molecule has 90 valence electrons. The zero-order valence-electron chi connectivity index (χ0n) is 8.50. The molecule has 1 heterocycles. The molecule has 0 saturated carbocycles. The van der Waals surface area contributed by atoms with Crippen molar-refractivity contribution in [3.63, 3.8) is 0 Å². The standard InChI is InChI=1S/C8H7N3O5S/c1-3-2-4(17(14,15)16)6-7(10-11-9-6)5(3)8(12)13/h2H,1H3,(H,12,13)(H,9,10,11)(H,14,15,16). The lowest BCUT2D eigenvalue weighted by atomic mass is 10.1. The van der Waals surface area contributed by atoms with Gasteiger partial charge in [-0.2, -0.15) is 23.8 Å². The minimum Gasteiger partial charge on any atom is -0.478 e. The number of aryl methyl sites for hydroxylation is 1. The van der Waals surface area contributed by atoms with E-state index in [9.17, 15) is 13.2 Å². The van der Waals surface area contributed by atoms with Gasteiger partial charge in [0.05, 0.1) is 5.56 Å². The van der Waals surface area contributed by atoms with Crippen LogP contribution in [0.15, 0.2) is 11.0 Å². The Morgan fingerprint density at radius 2 is 1.94 bits per heavy atom. The van der Waals surface area contributed by atoms with Gasteiger partial charge < -0.3 is 5.11 Å². The average molecular weight is 257 g/mol. The number of carboxylic acids is 1. The van der Waals surface area contributed by atoms with Crippen molar-refractivity contribution in [1.82, 2.24) is 15.4 Å². The van der Waals surface area contributed by atoms with Gasteiger partial charge in [0.25, 0.3) is 10.1 Å². The second-order valence-electron chi connectivity index (χ2n) is 3.37. The van der Waals surface area contributed by atoms with Crippen LogP contribution in [-0.2, 0) is 10.1 Å². The number of aromatic amines is 1. The molecular formula is C8H7N3O5S. The topological polar surface area (TPSA) is 133 Å². The van der Waals surface area contributed by atoms with Crippen LogP contribution in [0.25, 0.3) is 11.0 Å². The molecule has 0 aliphatic heterocycles. The van der Waals surface area contributed by atoms with Crippen LogP contribution in [0.4, 0.5) is 0 Å². The van der Waals surface area contributed by atoms with Crippen molar-refractivity contribution in [2.45, 2.75) is 11.8 Å². The first kappa shape index (κ1) is 11.5. The molecule has 8 nitrogen and oxygen atoms in total. The molecule has 2 rings (SSSR count). The molecular weight excluding hydrogens is 250 g/mol. The number of H-pyrrole nitrogens is 1. The molecule has 0 saturated heterocycles. The number of carboxylic acid groups (broad SMARTS) is 1. The van der Waals surface area contributed by atoms with Crippen molar-refractivity contribution in [1.29, 1.82) is 0 Å². The van der Waals surface area contributed by atoms with Crippen molar-refractivity contribution in [2.75, 3.05) is 0 Å². The molecule has 0 aliphatic rings. The smallest absolute Gasteiger partial charge is 0.338 e. The number of benzene rings is 1. The molecule has 2 aromatic rings. The van der Waals surface area contributed by atoms with Crippen molar-refractivity contribution < 1.29 is 22.9 Å². The van der Waals surface area contributed by atoms with E-state index in [0.29, 0.717) is 0 Å². The van der Waals surface area contributed by atoms with E-state index < -0.39 is 21.0 Å². The van der Waals surface area contributed by atoms with E-state index in [-0.39, 0.29) is 22.2 Å². The Labute approximate surface area is 95.0 Å². The number of carbonyl (C=O) groups is 1. The highest BCUT2D eigenvalue weighted by molar-refractivity contribution is 7.86. The highest BCUT2D eigenvalue weighted by atomic mass is 32.2. The minimum atomic E-state index is -4.48. The van der Waals surface area contributed by atoms with E-state index in [4.69, 9.17) is 9.66 Å². The van der Waals surface area contributed by atoms with Gasteiger partial charge in [-0.05, 0) is 18.6 Å². The molecule has 0 fully saturated rings. The largest absolute Gasteiger partial charge is 0.478 e. The van der Waals surface area contributed by atoms with Crippen molar-refractivity contribution >= 4 is 27.1 Å². The number of aromatic nitrogens is 3. The van der Waals surface area contributed by atoms with E-state index in [0.717, 1.165) is 6.07 Å². The van der Waals surface area contributed by atoms with Crippen LogP contribution in [0.3, 0.4) is 0 Å². The van der Waals surface area contributed by atoms with Crippen molar-refractivity contribution in [2.24, 2.45) is 0 Å². The van der Waals surface area contributed by atoms with E-state index >= 15 is 0 Å². The fourth-order valence-electron chi connectivity index (χ4n) is 1.57. The van der Waals surface area contributed by atoms with Gasteiger partial charge in [0.15, 0.2) is 0 Å². The maximum atomic E-state index is 11.1. The summed E-state index contributed by atoms with van der Waals surface area (Å²) >= 11 is 0. The molecule has 17 heavy (non-hydrogen) atoms. The van der Waals surface area contributed by atoms with Gasteiger partial charge >= 0.3 is 5.97 Å². The van der Waals surface area contributed by atoms with Gasteiger partial charge in [0.2, 0.25) is 0 Å². The first-order chi connectivity index (χ1) is 7.82. The predicted molar refractivity (Wildman–Crippen MR) is 55.4 cm³/mol. The number of fused-ring (bicyclic) bond motifs is 1. The van der Waals surface area contributed by atoms with Crippen LogP contribution < -0.4 is 0 Å². The summed E-state index contributed by atoms with van der Waals surface area (Å²) in [5, 5.41) is 18.2. The highest BCUT2D eigenvalue weighted by Gasteiger charge is 2.23. The summed E-state index contributed by atoms with van der Waals surface area (Å²) in [5.74, 6) is -1.25. The summed E-state index contributed by atoms with van der Waals surface area (Å²) in [6, 6.07) is 1.05. The van der Waals surface area contributed by atoms with Crippen LogP contribution >= 0.6 is 0 Å². The fourth-order valence-corrected chi connectivity index (χ4v) is 2.28. The number of nitrogens with one attached hydrogen (secondary N) is 1. The zero-order valence-corrected chi connectivity index (χ0v) is 9.32. The molecule has 9 heteroatoms. The summed E-state index contributed by atoms with van der Waals surface area (Å²) in [6.45, 7) is 1.41. The zero-order chi connectivity index (χ0) is 12.8. The summed E-state index contributed by atoms with van der Waals surface area (Å²) in [4.78, 5) is 10.5. The Morgan fingerprint density at radius 1 is 1.35 bits per heavy atom. The third-order valence-corrected chi connectivity index (χ3v) is 3.12. The van der Waals surface area contributed by atoms with Crippen LogP contribution in [0.5, 0.6) is 0 Å². The summed E-state index contributed by atoms with van der Waals surface area (Å²) in [5.41, 5.74) is -0.284. The van der Waals surface area contributed by atoms with Gasteiger partial charge in [0.1, 0.15) is 15.9 Å². The average Bonchev–Trinajstić information content (AvgIpc) is 2.61. The van der Waals surface area contributed by atoms with Crippen molar-refractivity contribution in [3.05, 3.63) is 17.2 Å². The Hall–Kier alpha value is -2.00. The van der Waals surface area contributed by atoms with E-state index in [1.54, 1.807) is 0 Å². The van der Waals surface area contributed by atoms with Crippen LogP contribution in [-0.4, -0.2) is 39.5 Å². The second-order valence-corrected chi connectivity index (χ2v) is 4.76. The van der Waals surface area contributed by atoms with E-state index in [2.05, 4.69) is 15.4 Å². The van der Waals surface area contributed by atoms with E-state index in [1.165, 1.54) is 6.92 Å². The Morgan fingerprint density at radius 3 is 2.47 bits per heavy atom. The Balaban J connectivity index is 2.99. The molecule has 1 aromatic heterocycles. The monoisotopic (exact) mass is 257 g/mol. The maximum absolute atomic E-state index is 11.1. The Bertz CT molecular complexity index is 718. The van der Waals surface area contributed by atoms with Crippen molar-refractivity contribution in [3.8, 4) is 0 Å². The lowest BCUT2D eigenvalue weighted by molar-refractivity contribution is 0.0698. The van der Waals surface area contributed by atoms with Gasteiger partial charge in [-0.25, -0.2) is 4.79 Å². The third kappa shape index (κ3) is 1.74. The van der Waals surface area contributed by atoms with Gasteiger partial charge in [-0.15, -0.1) is 0 Å². The summed E-state index contributed by atoms with van der Waals surface area (Å²) in [6.07, 6.45) is 0. The third-order valence-electron chi connectivity index (χ3n) is 2.25. The first-order valence-corrected chi connectivity index (χ1v) is 5.81. The lowest BCUT2D eigenvalue weighted by Crippen LogP contribution is -2.06. The molecule has 0 spiro atoms. The van der Waals surface area contributed by atoms with Crippen LogP contribution in [0, 0.1) is 6.92 Å². The lowest BCUT2D eigenvalue weighted by Gasteiger charge is -2.04. The SMILES string of the molecule is Cc1cc(S(=O)(=O)O)c2n[nH]nc2c1C(=O)O. The number of hydrogen-bond donors (Lipinski definition) is 3. The summed E-state index contributed by atoms with van der Waals surface area (Å²) < 4.78 is 31.2. The molecule has 0 amide bonds. The number of nitrogens with zero attached hydrogens (tertiary/aromatic N) is 2. The van der Waals surface area contributed by atoms with Gasteiger partial charge in [-0.1, -0.05) is 0 Å². The normalized spacial score (nSPS) is 11.9. The van der Waals surface area contributed by atoms with Crippen LogP contribution in [0.1, 0.15) is 15.9 Å². The maximum Gasteiger partial charge on any atom is 0.338 e. The summed E-state index contributed by atoms with van der Waals surface area (Å²) in [7, 11) is -4.48. The minimum absolute atomic E-state index is 0.106. The quantitative estimate of drug-likeness (QED) is 0.655. The number of rotatable bonds is 2. The van der Waals surface area contributed by atoms with Gasteiger partial charge in [-0.3, -0.25) is 4.55 Å². The number of aromatic carboxylic acids is 1. The van der Waals surface area contributed by atoms with E-state index in [1.807, 2.05) is 0 Å². The fraction of sp³-hybridized carbons (Fsp3) is 0.125. The highest BCUT2D eigenvalue weighted by Crippen LogP contribution is 2.25. The molecule has 3 N–H and O–H groups in total. The Kier molecular flexibility index (Phi) is 2.36.